The van der Waals surface area contributed by atoms with Crippen LogP contribution in [0.3, 0.4) is 0 Å². The van der Waals surface area contributed by atoms with Gasteiger partial charge in [0.15, 0.2) is 8.32 Å². The van der Waals surface area contributed by atoms with E-state index < -0.39 is 14.3 Å². The van der Waals surface area contributed by atoms with Crippen LogP contribution >= 0.6 is 0 Å². The first-order valence-corrected chi connectivity index (χ1v) is 11.6. The molecule has 0 heterocycles. The van der Waals surface area contributed by atoms with E-state index >= 15 is 0 Å². The lowest BCUT2D eigenvalue weighted by Gasteiger charge is -2.38. The molecule has 0 amide bonds. The number of carbonyl (C=O) groups is 1. The van der Waals surface area contributed by atoms with Crippen molar-refractivity contribution in [2.45, 2.75) is 83.8 Å². The van der Waals surface area contributed by atoms with Gasteiger partial charge in [-0.05, 0) is 62.6 Å². The van der Waals surface area contributed by atoms with E-state index in [4.69, 9.17) is 9.53 Å². The third kappa shape index (κ3) is 6.65. The van der Waals surface area contributed by atoms with Gasteiger partial charge in [0, 0.05) is 13.0 Å². The van der Waals surface area contributed by atoms with E-state index in [1.165, 1.54) is 31.3 Å². The average molecular weight is 327 g/mol. The summed E-state index contributed by atoms with van der Waals surface area (Å²) < 4.78 is 6.35. The van der Waals surface area contributed by atoms with Gasteiger partial charge in [-0.15, -0.1) is 0 Å². The predicted octanol–water partition coefficient (Wildman–Crippen LogP) is 5.38. The Balaban J connectivity index is 2.28. The zero-order valence-electron chi connectivity index (χ0n) is 15.1. The summed E-state index contributed by atoms with van der Waals surface area (Å²) in [6.07, 6.45) is 9.00. The minimum absolute atomic E-state index is 0.284. The molecular formula is C18H34O3Si. The van der Waals surface area contributed by atoms with Gasteiger partial charge in [-0.1, -0.05) is 32.4 Å². The molecular weight excluding hydrogens is 292 g/mol. The number of aliphatic carboxylic acids is 1. The molecule has 0 radical (unpaired) electrons. The Hall–Kier alpha value is -0.613. The van der Waals surface area contributed by atoms with E-state index in [1.807, 2.05) is 0 Å². The van der Waals surface area contributed by atoms with Gasteiger partial charge < -0.3 is 9.53 Å². The summed E-state index contributed by atoms with van der Waals surface area (Å²) in [4.78, 5) is 10.5. The largest absolute Gasteiger partial charge is 0.481 e. The van der Waals surface area contributed by atoms with Crippen molar-refractivity contribution >= 4 is 14.3 Å². The number of hydrogen-bond donors (Lipinski definition) is 1. The summed E-state index contributed by atoms with van der Waals surface area (Å²) in [6, 6.07) is 0. The summed E-state index contributed by atoms with van der Waals surface area (Å²) in [5.74, 6) is 0.00943. The Morgan fingerprint density at radius 3 is 2.41 bits per heavy atom. The van der Waals surface area contributed by atoms with Gasteiger partial charge in [0.05, 0.1) is 0 Å². The van der Waals surface area contributed by atoms with Crippen LogP contribution < -0.4 is 0 Å². The van der Waals surface area contributed by atoms with Gasteiger partial charge in [-0.3, -0.25) is 4.79 Å². The lowest BCUT2D eigenvalue weighted by atomic mass is 9.86. The van der Waals surface area contributed by atoms with E-state index in [2.05, 4.69) is 39.9 Å². The lowest BCUT2D eigenvalue weighted by molar-refractivity contribution is -0.137. The topological polar surface area (TPSA) is 46.5 Å². The second kappa shape index (κ2) is 8.30. The van der Waals surface area contributed by atoms with Crippen LogP contribution in [0.25, 0.3) is 0 Å². The van der Waals surface area contributed by atoms with Crippen LogP contribution in [0.5, 0.6) is 0 Å². The maximum Gasteiger partial charge on any atom is 0.303 e. The molecule has 0 aromatic rings. The minimum Gasteiger partial charge on any atom is -0.481 e. The van der Waals surface area contributed by atoms with Crippen molar-refractivity contribution in [1.29, 1.82) is 0 Å². The molecule has 4 heteroatoms. The highest BCUT2D eigenvalue weighted by Gasteiger charge is 2.37. The second-order valence-electron chi connectivity index (χ2n) is 8.16. The van der Waals surface area contributed by atoms with E-state index in [0.717, 1.165) is 19.4 Å². The van der Waals surface area contributed by atoms with E-state index in [1.54, 1.807) is 0 Å². The summed E-state index contributed by atoms with van der Waals surface area (Å²) >= 11 is 0. The first-order chi connectivity index (χ1) is 10.1. The maximum absolute atomic E-state index is 10.5. The predicted molar refractivity (Wildman–Crippen MR) is 94.7 cm³/mol. The second-order valence-corrected chi connectivity index (χ2v) is 13.0. The number of rotatable bonds is 7. The van der Waals surface area contributed by atoms with Crippen LogP contribution in [-0.4, -0.2) is 26.0 Å². The fourth-order valence-corrected chi connectivity index (χ4v) is 3.61. The van der Waals surface area contributed by atoms with Crippen molar-refractivity contribution in [3.05, 3.63) is 11.6 Å². The minimum atomic E-state index is -1.61. The maximum atomic E-state index is 10.5. The summed E-state index contributed by atoms with van der Waals surface area (Å²) in [7, 11) is -1.61. The number of unbranched alkanes of at least 4 members (excludes halogenated alkanes) is 1. The van der Waals surface area contributed by atoms with Gasteiger partial charge >= 0.3 is 5.97 Å². The van der Waals surface area contributed by atoms with Gasteiger partial charge in [-0.25, -0.2) is 0 Å². The fraction of sp³-hybridized carbons (Fsp3) is 0.833. The summed E-state index contributed by atoms with van der Waals surface area (Å²) in [5.41, 5.74) is 1.52. The molecule has 0 spiro atoms. The summed E-state index contributed by atoms with van der Waals surface area (Å²) in [6.45, 7) is 12.4. The van der Waals surface area contributed by atoms with E-state index in [0.29, 0.717) is 5.92 Å². The van der Waals surface area contributed by atoms with Crippen LogP contribution in [-0.2, 0) is 9.22 Å². The lowest BCUT2D eigenvalue weighted by Crippen LogP contribution is -2.42. The van der Waals surface area contributed by atoms with Gasteiger partial charge in [0.2, 0.25) is 0 Å². The molecule has 1 aliphatic rings. The fourth-order valence-electron chi connectivity index (χ4n) is 2.52. The average Bonchev–Trinajstić information content (AvgIpc) is 2.41. The van der Waals surface area contributed by atoms with Crippen molar-refractivity contribution in [3.63, 3.8) is 0 Å². The molecule has 3 nitrogen and oxygen atoms in total. The number of allylic oxidation sites excluding steroid dienone is 2. The van der Waals surface area contributed by atoms with Crippen molar-refractivity contribution in [2.24, 2.45) is 5.92 Å². The van der Waals surface area contributed by atoms with Crippen molar-refractivity contribution < 1.29 is 14.3 Å². The molecule has 1 N–H and O–H groups in total. The van der Waals surface area contributed by atoms with Crippen molar-refractivity contribution in [3.8, 4) is 0 Å². The first-order valence-electron chi connectivity index (χ1n) is 8.65. The molecule has 128 valence electrons. The Morgan fingerprint density at radius 2 is 1.91 bits per heavy atom. The molecule has 22 heavy (non-hydrogen) atoms. The van der Waals surface area contributed by atoms with Gasteiger partial charge in [-0.2, -0.15) is 0 Å². The first kappa shape index (κ1) is 19.4. The summed E-state index contributed by atoms with van der Waals surface area (Å²) in [5, 5.41) is 8.92. The molecule has 0 atom stereocenters. The standard InChI is InChI=1S/C18H34O3Si/c1-18(2,3)22(4,5)21-14-16-12-10-15(11-13-16)8-6-7-9-17(19)20/h8,16H,6-7,9-14H2,1-5H3,(H,19,20). The molecule has 1 rings (SSSR count). The SMILES string of the molecule is CC(C)(C)[Si](C)(C)OCC1CCC(=CCCCC(=O)O)CC1. The third-order valence-electron chi connectivity index (χ3n) is 5.26. The zero-order chi connectivity index (χ0) is 16.8. The molecule has 0 aromatic heterocycles. The highest BCUT2D eigenvalue weighted by molar-refractivity contribution is 6.74. The highest BCUT2D eigenvalue weighted by atomic mass is 28.4. The molecule has 0 aliphatic heterocycles. The van der Waals surface area contributed by atoms with Gasteiger partial charge in [0.1, 0.15) is 0 Å². The highest BCUT2D eigenvalue weighted by Crippen LogP contribution is 2.38. The van der Waals surface area contributed by atoms with E-state index in [9.17, 15) is 4.79 Å². The molecule has 1 saturated carbocycles. The Bertz CT molecular complexity index is 384. The molecule has 0 unspecified atom stereocenters. The molecule has 0 saturated heterocycles. The zero-order valence-corrected chi connectivity index (χ0v) is 16.1. The smallest absolute Gasteiger partial charge is 0.303 e. The Morgan fingerprint density at radius 1 is 1.32 bits per heavy atom. The normalized spacial score (nSPS) is 20.0. The van der Waals surface area contributed by atoms with E-state index in [-0.39, 0.29) is 11.5 Å². The van der Waals surface area contributed by atoms with Crippen LogP contribution in [0.15, 0.2) is 11.6 Å². The molecule has 1 aliphatic carbocycles. The molecule has 0 aromatic carbocycles. The van der Waals surface area contributed by atoms with Gasteiger partial charge in [0.25, 0.3) is 0 Å². The molecule has 1 fully saturated rings. The third-order valence-corrected chi connectivity index (χ3v) is 9.76. The monoisotopic (exact) mass is 326 g/mol. The molecule has 0 bridgehead atoms. The van der Waals surface area contributed by atoms with Crippen molar-refractivity contribution in [2.75, 3.05) is 6.61 Å². The van der Waals surface area contributed by atoms with Crippen LogP contribution in [0.1, 0.15) is 65.7 Å². The number of carboxylic acid groups (broad SMARTS) is 1. The van der Waals surface area contributed by atoms with Crippen LogP contribution in [0.4, 0.5) is 0 Å². The number of hydrogen-bond acceptors (Lipinski definition) is 2. The van der Waals surface area contributed by atoms with Crippen LogP contribution in [0, 0.1) is 5.92 Å². The quantitative estimate of drug-likeness (QED) is 0.388. The Kier molecular flexibility index (Phi) is 7.33. The van der Waals surface area contributed by atoms with Crippen molar-refractivity contribution in [1.82, 2.24) is 0 Å². The number of carboxylic acids is 1. The van der Waals surface area contributed by atoms with Crippen LogP contribution in [0.2, 0.25) is 18.1 Å². The Labute approximate surface area is 137 Å².